The fourth-order valence-corrected chi connectivity index (χ4v) is 4.78. The van der Waals surface area contributed by atoms with Gasteiger partial charge in [-0.1, -0.05) is 55.9 Å². The molecule has 2 heterocycles. The topological polar surface area (TPSA) is 50.2 Å². The summed E-state index contributed by atoms with van der Waals surface area (Å²) in [6.07, 6.45) is 1.01. The number of thioether (sulfide) groups is 1. The van der Waals surface area contributed by atoms with Crippen molar-refractivity contribution in [1.82, 2.24) is 19.8 Å². The molecule has 3 rings (SSSR count). The second-order valence-corrected chi connectivity index (χ2v) is 9.85. The quantitative estimate of drug-likeness (QED) is 0.663. The highest BCUT2D eigenvalue weighted by atomic mass is 32.2. The summed E-state index contributed by atoms with van der Waals surface area (Å²) in [5, 5.41) is 4.05. The van der Waals surface area contributed by atoms with Gasteiger partial charge in [0.15, 0.2) is 5.16 Å². The van der Waals surface area contributed by atoms with E-state index in [0.29, 0.717) is 5.92 Å². The molecule has 2 unspecified atom stereocenters. The van der Waals surface area contributed by atoms with Crippen LogP contribution in [0, 0.1) is 19.8 Å². The molecule has 1 N–H and O–H groups in total. The van der Waals surface area contributed by atoms with E-state index >= 15 is 0 Å². The number of likely N-dealkylation sites (tertiary alicyclic amines) is 1. The minimum Gasteiger partial charge on any atom is -0.351 e. The predicted octanol–water partition coefficient (Wildman–Crippen LogP) is 4.03. The van der Waals surface area contributed by atoms with Gasteiger partial charge in [0, 0.05) is 37.9 Å². The lowest BCUT2D eigenvalue weighted by Gasteiger charge is -2.19. The van der Waals surface area contributed by atoms with Gasteiger partial charge in [-0.05, 0) is 38.7 Å². The minimum absolute atomic E-state index is 0.107. The Kier molecular flexibility index (Phi) is 7.41. The number of aromatic nitrogens is 2. The fraction of sp³-hybridized carbons (Fsp3) is 0.565. The Hall–Kier alpha value is -1.79. The van der Waals surface area contributed by atoms with Gasteiger partial charge in [0.05, 0.1) is 10.9 Å². The zero-order valence-corrected chi connectivity index (χ0v) is 19.1. The van der Waals surface area contributed by atoms with Gasteiger partial charge in [-0.15, -0.1) is 0 Å². The van der Waals surface area contributed by atoms with Crippen molar-refractivity contribution in [3.8, 4) is 0 Å². The molecule has 1 aromatic carbocycles. The van der Waals surface area contributed by atoms with E-state index in [-0.39, 0.29) is 17.2 Å². The van der Waals surface area contributed by atoms with Crippen LogP contribution < -0.4 is 5.32 Å². The van der Waals surface area contributed by atoms with Crippen LogP contribution in [0.2, 0.25) is 0 Å². The summed E-state index contributed by atoms with van der Waals surface area (Å²) >= 11 is 1.57. The molecule has 5 nitrogen and oxygen atoms in total. The van der Waals surface area contributed by atoms with Gasteiger partial charge in [-0.25, -0.2) is 4.98 Å². The average Bonchev–Trinajstić information content (AvgIpc) is 3.21. The second kappa shape index (κ2) is 9.81. The normalized spacial score (nSPS) is 18.3. The van der Waals surface area contributed by atoms with Crippen molar-refractivity contribution in [2.24, 2.45) is 5.92 Å². The Morgan fingerprint density at radius 2 is 1.97 bits per heavy atom. The maximum absolute atomic E-state index is 12.8. The molecule has 0 radical (unpaired) electrons. The summed E-state index contributed by atoms with van der Waals surface area (Å²) in [6, 6.07) is 10.8. The van der Waals surface area contributed by atoms with Crippen LogP contribution in [0.5, 0.6) is 0 Å². The Morgan fingerprint density at radius 3 is 2.66 bits per heavy atom. The van der Waals surface area contributed by atoms with Crippen LogP contribution in [-0.4, -0.2) is 44.7 Å². The Balaban J connectivity index is 1.53. The first kappa shape index (κ1) is 21.9. The summed E-state index contributed by atoms with van der Waals surface area (Å²) < 4.78 is 2.26. The lowest BCUT2D eigenvalue weighted by molar-refractivity contribution is -0.120. The number of hydrogen-bond acceptors (Lipinski definition) is 4. The van der Waals surface area contributed by atoms with Crippen LogP contribution in [0.4, 0.5) is 0 Å². The number of nitrogens with one attached hydrogen (secondary N) is 1. The van der Waals surface area contributed by atoms with Crippen LogP contribution in [0.3, 0.4) is 0 Å². The number of benzene rings is 1. The van der Waals surface area contributed by atoms with Crippen LogP contribution in [-0.2, 0) is 17.9 Å². The molecule has 2 aromatic rings. The first-order chi connectivity index (χ1) is 13.8. The summed E-state index contributed by atoms with van der Waals surface area (Å²) in [5.74, 6) is 0.649. The van der Waals surface area contributed by atoms with E-state index in [0.717, 1.165) is 43.5 Å². The van der Waals surface area contributed by atoms with Crippen LogP contribution in [0.25, 0.3) is 0 Å². The number of hydrogen-bond donors (Lipinski definition) is 1. The number of amides is 1. The summed E-state index contributed by atoms with van der Waals surface area (Å²) in [6.45, 7) is 14.4. The first-order valence-corrected chi connectivity index (χ1v) is 11.5. The van der Waals surface area contributed by atoms with E-state index in [1.54, 1.807) is 11.8 Å². The van der Waals surface area contributed by atoms with Crippen molar-refractivity contribution in [3.05, 3.63) is 47.3 Å². The van der Waals surface area contributed by atoms with Crippen molar-refractivity contribution in [2.75, 3.05) is 13.1 Å². The van der Waals surface area contributed by atoms with Gasteiger partial charge in [-0.3, -0.25) is 9.69 Å². The fourth-order valence-electron chi connectivity index (χ4n) is 3.76. The molecule has 0 spiro atoms. The van der Waals surface area contributed by atoms with E-state index in [1.165, 1.54) is 11.3 Å². The molecule has 29 heavy (non-hydrogen) atoms. The molecule has 2 atom stereocenters. The van der Waals surface area contributed by atoms with Crippen molar-refractivity contribution in [3.63, 3.8) is 0 Å². The largest absolute Gasteiger partial charge is 0.351 e. The molecule has 1 aliphatic rings. The molecule has 1 aliphatic heterocycles. The van der Waals surface area contributed by atoms with Crippen LogP contribution in [0.1, 0.15) is 44.1 Å². The highest BCUT2D eigenvalue weighted by Crippen LogP contribution is 2.26. The van der Waals surface area contributed by atoms with Gasteiger partial charge in [0.25, 0.3) is 0 Å². The standard InChI is InChI=1S/C23H34N4OS/c1-16(2)13-27-18(4)17(3)24-23(27)29-19(5)22(28)25-21-11-12-26(15-21)14-20-9-7-6-8-10-20/h6-10,16,19,21H,11-15H2,1-5H3,(H,25,28). The number of rotatable bonds is 8. The van der Waals surface area contributed by atoms with E-state index in [1.807, 2.05) is 19.9 Å². The van der Waals surface area contributed by atoms with Crippen molar-refractivity contribution in [2.45, 2.75) is 70.6 Å². The van der Waals surface area contributed by atoms with Gasteiger partial charge in [0.1, 0.15) is 0 Å². The molecule has 6 heteroatoms. The third-order valence-electron chi connectivity index (χ3n) is 5.49. The highest BCUT2D eigenvalue weighted by Gasteiger charge is 2.27. The maximum Gasteiger partial charge on any atom is 0.233 e. The smallest absolute Gasteiger partial charge is 0.233 e. The first-order valence-electron chi connectivity index (χ1n) is 10.6. The number of imidazole rings is 1. The summed E-state index contributed by atoms with van der Waals surface area (Å²) in [7, 11) is 0. The number of carbonyl (C=O) groups excluding carboxylic acids is 1. The van der Waals surface area contributed by atoms with Gasteiger partial charge in [0.2, 0.25) is 5.91 Å². The summed E-state index contributed by atoms with van der Waals surface area (Å²) in [5.41, 5.74) is 3.57. The van der Waals surface area contributed by atoms with E-state index in [2.05, 4.69) is 59.8 Å². The number of carbonyl (C=O) groups is 1. The molecular formula is C23H34N4OS. The molecule has 1 fully saturated rings. The minimum atomic E-state index is -0.162. The third kappa shape index (κ3) is 5.86. The second-order valence-electron chi connectivity index (χ2n) is 8.54. The zero-order chi connectivity index (χ0) is 21.0. The molecular weight excluding hydrogens is 380 g/mol. The van der Waals surface area contributed by atoms with Crippen molar-refractivity contribution in [1.29, 1.82) is 0 Å². The molecule has 1 saturated heterocycles. The Bertz CT molecular complexity index is 818. The van der Waals surface area contributed by atoms with Gasteiger partial charge >= 0.3 is 0 Å². The predicted molar refractivity (Wildman–Crippen MR) is 120 cm³/mol. The molecule has 0 bridgehead atoms. The highest BCUT2D eigenvalue weighted by molar-refractivity contribution is 8.00. The zero-order valence-electron chi connectivity index (χ0n) is 18.3. The average molecular weight is 415 g/mol. The van der Waals surface area contributed by atoms with E-state index < -0.39 is 0 Å². The molecule has 1 aromatic heterocycles. The van der Waals surface area contributed by atoms with Crippen LogP contribution in [0.15, 0.2) is 35.5 Å². The van der Waals surface area contributed by atoms with E-state index in [9.17, 15) is 4.79 Å². The lowest BCUT2D eigenvalue weighted by atomic mass is 10.2. The maximum atomic E-state index is 12.8. The number of aryl methyl sites for hydroxylation is 1. The lowest BCUT2D eigenvalue weighted by Crippen LogP contribution is -2.40. The molecule has 0 saturated carbocycles. The molecule has 0 aliphatic carbocycles. The van der Waals surface area contributed by atoms with Crippen molar-refractivity contribution < 1.29 is 4.79 Å². The van der Waals surface area contributed by atoms with Gasteiger partial charge in [-0.2, -0.15) is 0 Å². The van der Waals surface area contributed by atoms with Crippen LogP contribution >= 0.6 is 11.8 Å². The van der Waals surface area contributed by atoms with Crippen molar-refractivity contribution >= 4 is 17.7 Å². The SMILES string of the molecule is Cc1nc(SC(C)C(=O)NC2CCN(Cc3ccccc3)C2)n(CC(C)C)c1C. The Morgan fingerprint density at radius 1 is 1.24 bits per heavy atom. The van der Waals surface area contributed by atoms with E-state index in [4.69, 9.17) is 4.98 Å². The monoisotopic (exact) mass is 414 g/mol. The summed E-state index contributed by atoms with van der Waals surface area (Å²) in [4.78, 5) is 19.9. The Labute approximate surface area is 179 Å². The molecule has 1 amide bonds. The van der Waals surface area contributed by atoms with Gasteiger partial charge < -0.3 is 9.88 Å². The molecule has 158 valence electrons. The number of nitrogens with zero attached hydrogens (tertiary/aromatic N) is 3. The third-order valence-corrected chi connectivity index (χ3v) is 6.58.